The first kappa shape index (κ1) is 27.3. The second-order valence-electron chi connectivity index (χ2n) is 10.9. The molecule has 4 N–H and O–H groups in total. The van der Waals surface area contributed by atoms with E-state index in [9.17, 15) is 34.8 Å². The number of hydrogen-bond acceptors (Lipinski definition) is 11. The molecule has 4 fully saturated rings. The lowest BCUT2D eigenvalue weighted by Gasteiger charge is -2.64. The van der Waals surface area contributed by atoms with Crippen LogP contribution in [0.5, 0.6) is 0 Å². The lowest BCUT2D eigenvalue weighted by Crippen LogP contribution is -2.78. The van der Waals surface area contributed by atoms with Gasteiger partial charge in [-0.25, -0.2) is 0 Å². The zero-order chi connectivity index (χ0) is 27.2. The molecular formula is C24H33ClO11. The Morgan fingerprint density at radius 2 is 1.67 bits per heavy atom. The highest BCUT2D eigenvalue weighted by molar-refractivity contribution is 6.23. The third kappa shape index (κ3) is 3.47. The maximum absolute atomic E-state index is 12.8. The lowest BCUT2D eigenvalue weighted by atomic mass is 9.50. The third-order valence-corrected chi connectivity index (χ3v) is 9.31. The first-order valence-corrected chi connectivity index (χ1v) is 12.3. The molecule has 11 nitrogen and oxygen atoms in total. The number of hydrogen-bond donors (Lipinski definition) is 4. The van der Waals surface area contributed by atoms with Crippen molar-refractivity contribution in [1.82, 2.24) is 0 Å². The van der Waals surface area contributed by atoms with Crippen LogP contribution in [0.25, 0.3) is 0 Å². The third-order valence-electron chi connectivity index (χ3n) is 8.82. The molecule has 4 rings (SSSR count). The van der Waals surface area contributed by atoms with Crippen molar-refractivity contribution in [3.8, 4) is 0 Å². The Bertz CT molecular complexity index is 999. The molecule has 1 aliphatic carbocycles. The lowest BCUT2D eigenvalue weighted by molar-refractivity contribution is -0.366. The SMILES string of the molecule is C=C1[C@H](Cl)[C@@H]2OC(=O)[C@H](C)[C@]23O[C@@]1(O)C[C@H](OC(C)=O)[C@@]1(C)[C@@H](OC(C)=O)C[C@@H](O)[C@](C)(O)[C@@H]1[C@@H]3O. The summed E-state index contributed by atoms with van der Waals surface area (Å²) < 4.78 is 22.8. The highest BCUT2D eigenvalue weighted by Crippen LogP contribution is 2.62. The normalized spacial score (nSPS) is 52.3. The highest BCUT2D eigenvalue weighted by Gasteiger charge is 2.77. The average molecular weight is 533 g/mol. The van der Waals surface area contributed by atoms with E-state index >= 15 is 0 Å². The summed E-state index contributed by atoms with van der Waals surface area (Å²) in [6.45, 7) is 10.4. The summed E-state index contributed by atoms with van der Waals surface area (Å²) in [5.41, 5.74) is -5.73. The largest absolute Gasteiger partial charge is 0.462 e. The van der Waals surface area contributed by atoms with Crippen LogP contribution in [0, 0.1) is 17.3 Å². The van der Waals surface area contributed by atoms with Crippen LogP contribution < -0.4 is 0 Å². The van der Waals surface area contributed by atoms with Crippen LogP contribution in [0.15, 0.2) is 12.2 Å². The second-order valence-corrected chi connectivity index (χ2v) is 11.4. The predicted octanol–water partition coefficient (Wildman–Crippen LogP) is -0.0648. The summed E-state index contributed by atoms with van der Waals surface area (Å²) in [4.78, 5) is 37.1. The molecule has 0 radical (unpaired) electrons. The molecule has 0 aromatic carbocycles. The molecule has 1 spiro atoms. The van der Waals surface area contributed by atoms with Crippen LogP contribution in [0.3, 0.4) is 0 Å². The number of aliphatic hydroxyl groups excluding tert-OH is 2. The van der Waals surface area contributed by atoms with E-state index in [2.05, 4.69) is 6.58 Å². The van der Waals surface area contributed by atoms with Gasteiger partial charge in [-0.3, -0.25) is 14.4 Å². The van der Waals surface area contributed by atoms with Gasteiger partial charge in [-0.2, -0.15) is 0 Å². The van der Waals surface area contributed by atoms with E-state index in [1.807, 2.05) is 0 Å². The van der Waals surface area contributed by atoms with Gasteiger partial charge in [0.05, 0.1) is 34.5 Å². The van der Waals surface area contributed by atoms with Crippen molar-refractivity contribution < 1.29 is 53.8 Å². The summed E-state index contributed by atoms with van der Waals surface area (Å²) in [6, 6.07) is 0. The Morgan fingerprint density at radius 3 is 2.22 bits per heavy atom. The fraction of sp³-hybridized carbons (Fsp3) is 0.792. The van der Waals surface area contributed by atoms with Gasteiger partial charge in [0.2, 0.25) is 0 Å². The van der Waals surface area contributed by atoms with Crippen molar-refractivity contribution in [3.05, 3.63) is 12.2 Å². The van der Waals surface area contributed by atoms with E-state index < -0.39 is 94.5 Å². The molecule has 1 saturated carbocycles. The maximum Gasteiger partial charge on any atom is 0.312 e. The molecule has 202 valence electrons. The average Bonchev–Trinajstić information content (AvgIpc) is 3.00. The summed E-state index contributed by atoms with van der Waals surface area (Å²) in [6.07, 6.45) is -7.89. The number of aliphatic hydroxyl groups is 4. The van der Waals surface area contributed by atoms with E-state index in [1.54, 1.807) is 0 Å². The molecule has 3 saturated heterocycles. The monoisotopic (exact) mass is 532 g/mol. The second kappa shape index (κ2) is 8.37. The number of alkyl halides is 1. The van der Waals surface area contributed by atoms with Crippen LogP contribution in [0.1, 0.15) is 47.5 Å². The molecule has 12 atom stereocenters. The van der Waals surface area contributed by atoms with Gasteiger partial charge >= 0.3 is 17.9 Å². The fourth-order valence-corrected chi connectivity index (χ4v) is 7.29. The first-order valence-electron chi connectivity index (χ1n) is 11.8. The van der Waals surface area contributed by atoms with Crippen molar-refractivity contribution in [1.29, 1.82) is 0 Å². The topological polar surface area (TPSA) is 169 Å². The number of carbonyl (C=O) groups excluding carboxylic acids is 3. The van der Waals surface area contributed by atoms with Gasteiger partial charge in [0.1, 0.15) is 17.8 Å². The Hall–Kier alpha value is -1.76. The van der Waals surface area contributed by atoms with Crippen molar-refractivity contribution >= 4 is 29.5 Å². The smallest absolute Gasteiger partial charge is 0.312 e. The van der Waals surface area contributed by atoms with E-state index in [0.717, 1.165) is 13.8 Å². The zero-order valence-corrected chi connectivity index (χ0v) is 21.5. The minimum absolute atomic E-state index is 0.0789. The summed E-state index contributed by atoms with van der Waals surface area (Å²) in [7, 11) is 0. The minimum Gasteiger partial charge on any atom is -0.462 e. The van der Waals surface area contributed by atoms with Gasteiger partial charge in [-0.15, -0.1) is 11.6 Å². The molecule has 3 aliphatic heterocycles. The molecule has 0 amide bonds. The molecule has 2 bridgehead atoms. The molecule has 3 heterocycles. The molecule has 12 heteroatoms. The summed E-state index contributed by atoms with van der Waals surface area (Å²) in [5.74, 6) is -7.13. The van der Waals surface area contributed by atoms with Crippen molar-refractivity contribution in [2.75, 3.05) is 0 Å². The molecule has 36 heavy (non-hydrogen) atoms. The summed E-state index contributed by atoms with van der Waals surface area (Å²) in [5, 5.41) is 45.3. The fourth-order valence-electron chi connectivity index (χ4n) is 6.87. The van der Waals surface area contributed by atoms with E-state index in [1.165, 1.54) is 20.8 Å². The van der Waals surface area contributed by atoms with Crippen LogP contribution in [0.2, 0.25) is 0 Å². The number of esters is 3. The molecule has 0 aromatic heterocycles. The van der Waals surface area contributed by atoms with Gasteiger partial charge in [0.25, 0.3) is 0 Å². The highest BCUT2D eigenvalue weighted by atomic mass is 35.5. The maximum atomic E-state index is 12.8. The summed E-state index contributed by atoms with van der Waals surface area (Å²) >= 11 is 6.62. The molecular weight excluding hydrogens is 500 g/mol. The number of rotatable bonds is 2. The van der Waals surface area contributed by atoms with Gasteiger partial charge in [-0.05, 0) is 13.8 Å². The van der Waals surface area contributed by atoms with Gasteiger partial charge in [-0.1, -0.05) is 13.5 Å². The molecule has 4 aliphatic rings. The number of halogens is 1. The van der Waals surface area contributed by atoms with Gasteiger partial charge in [0, 0.05) is 38.2 Å². The van der Waals surface area contributed by atoms with E-state index in [4.69, 9.17) is 30.5 Å². The van der Waals surface area contributed by atoms with Gasteiger partial charge < -0.3 is 39.4 Å². The van der Waals surface area contributed by atoms with E-state index in [0.29, 0.717) is 0 Å². The van der Waals surface area contributed by atoms with Crippen LogP contribution >= 0.6 is 11.6 Å². The van der Waals surface area contributed by atoms with Crippen molar-refractivity contribution in [3.63, 3.8) is 0 Å². The van der Waals surface area contributed by atoms with Crippen molar-refractivity contribution in [2.45, 2.75) is 100 Å². The van der Waals surface area contributed by atoms with Crippen molar-refractivity contribution in [2.24, 2.45) is 17.3 Å². The minimum atomic E-state index is -2.30. The Labute approximate surface area is 213 Å². The van der Waals surface area contributed by atoms with E-state index in [-0.39, 0.29) is 12.0 Å². The number of carbonyl (C=O) groups is 3. The molecule has 0 aromatic rings. The number of fused-ring (bicyclic) bond motifs is 2. The molecule has 0 unspecified atom stereocenters. The standard InChI is InChI=1S/C24H33ClO11/c1-9-16(25)19-24(10(2)20(30)35-19)18(29)17-21(5,15(34-12(4)27)8-23(9,32)36-24)14(33-11(3)26)7-13(28)22(17,6)31/h10,13-19,28-29,31-32H,1,7-8H2,2-6H3/t10-,13+,14-,15-,16-,17+,18-,19-,21+,22-,23-,24+/m0/s1. The van der Waals surface area contributed by atoms with Crippen LogP contribution in [0.4, 0.5) is 0 Å². The zero-order valence-electron chi connectivity index (χ0n) is 20.8. The Kier molecular flexibility index (Phi) is 6.34. The van der Waals surface area contributed by atoms with Gasteiger partial charge in [0.15, 0.2) is 11.9 Å². The Morgan fingerprint density at radius 1 is 1.11 bits per heavy atom. The predicted molar refractivity (Wildman–Crippen MR) is 121 cm³/mol. The first-order chi connectivity index (χ1) is 16.4. The van der Waals surface area contributed by atoms with Crippen LogP contribution in [-0.4, -0.2) is 91.2 Å². The number of ether oxygens (including phenoxy) is 4. The van der Waals surface area contributed by atoms with Crippen LogP contribution in [-0.2, 0) is 33.3 Å². The Balaban J connectivity index is 2.04. The quantitative estimate of drug-likeness (QED) is 0.162.